The molecule has 6 heteroatoms. The van der Waals surface area contributed by atoms with E-state index in [4.69, 9.17) is 16.9 Å². The molecule has 3 rings (SSSR count). The first-order valence-electron chi connectivity index (χ1n) is 8.06. The van der Waals surface area contributed by atoms with Crippen LogP contribution in [0.3, 0.4) is 0 Å². The lowest BCUT2D eigenvalue weighted by atomic mass is 10.0. The topological polar surface area (TPSA) is 56.1 Å². The monoisotopic (exact) mass is 357 g/mol. The Morgan fingerprint density at radius 2 is 2.08 bits per heavy atom. The Kier molecular flexibility index (Phi) is 5.32. The summed E-state index contributed by atoms with van der Waals surface area (Å²) in [6.07, 6.45) is 1.94. The highest BCUT2D eigenvalue weighted by molar-refractivity contribution is 6.32. The lowest BCUT2D eigenvalue weighted by Crippen LogP contribution is -2.32. The van der Waals surface area contributed by atoms with Gasteiger partial charge in [-0.3, -0.25) is 9.69 Å². The van der Waals surface area contributed by atoms with E-state index >= 15 is 0 Å². The van der Waals surface area contributed by atoms with Crippen LogP contribution in [0.2, 0.25) is 5.02 Å². The van der Waals surface area contributed by atoms with E-state index in [0.717, 1.165) is 24.9 Å². The number of hydrogen-bond donors (Lipinski definition) is 1. The van der Waals surface area contributed by atoms with Crippen LogP contribution in [0.25, 0.3) is 0 Å². The minimum Gasteiger partial charge on any atom is -0.325 e. The average molecular weight is 358 g/mol. The molecule has 25 heavy (non-hydrogen) atoms. The van der Waals surface area contributed by atoms with Gasteiger partial charge < -0.3 is 5.32 Å². The first-order chi connectivity index (χ1) is 12.1. The fraction of sp³-hybridized carbons (Fsp3) is 0.263. The zero-order valence-electron chi connectivity index (χ0n) is 13.5. The summed E-state index contributed by atoms with van der Waals surface area (Å²) in [7, 11) is 0. The number of nitriles is 1. The van der Waals surface area contributed by atoms with Crippen LogP contribution in [0, 0.1) is 17.1 Å². The molecule has 0 spiro atoms. The lowest BCUT2D eigenvalue weighted by Gasteiger charge is -2.24. The summed E-state index contributed by atoms with van der Waals surface area (Å²) in [6.45, 7) is 1.07. The van der Waals surface area contributed by atoms with Crippen molar-refractivity contribution in [3.05, 3.63) is 64.4 Å². The maximum absolute atomic E-state index is 13.1. The highest BCUT2D eigenvalue weighted by atomic mass is 35.5. The molecule has 1 N–H and O–H groups in total. The number of nitrogens with zero attached hydrogens (tertiary/aromatic N) is 2. The number of carbonyl (C=O) groups excluding carboxylic acids is 1. The molecule has 0 radical (unpaired) electrons. The van der Waals surface area contributed by atoms with E-state index in [2.05, 4.69) is 10.2 Å². The predicted molar refractivity (Wildman–Crippen MR) is 94.7 cm³/mol. The number of carbonyl (C=O) groups is 1. The second-order valence-corrected chi connectivity index (χ2v) is 6.44. The summed E-state index contributed by atoms with van der Waals surface area (Å²) in [6, 6.07) is 13.4. The minimum atomic E-state index is -0.260. The Morgan fingerprint density at radius 1 is 1.32 bits per heavy atom. The number of nitrogens with one attached hydrogen (secondary N) is 1. The van der Waals surface area contributed by atoms with Gasteiger partial charge >= 0.3 is 0 Å². The number of amides is 1. The van der Waals surface area contributed by atoms with Gasteiger partial charge in [0.2, 0.25) is 5.91 Å². The van der Waals surface area contributed by atoms with E-state index in [1.54, 1.807) is 30.3 Å². The van der Waals surface area contributed by atoms with E-state index in [1.165, 1.54) is 12.1 Å². The van der Waals surface area contributed by atoms with E-state index in [1.807, 2.05) is 6.07 Å². The van der Waals surface area contributed by atoms with E-state index in [0.29, 0.717) is 16.3 Å². The van der Waals surface area contributed by atoms with Gasteiger partial charge in [-0.1, -0.05) is 23.7 Å². The summed E-state index contributed by atoms with van der Waals surface area (Å²) < 4.78 is 13.1. The second kappa shape index (κ2) is 7.64. The summed E-state index contributed by atoms with van der Waals surface area (Å²) >= 11 is 5.98. The molecule has 0 aliphatic carbocycles. The first kappa shape index (κ1) is 17.4. The molecule has 0 saturated carbocycles. The van der Waals surface area contributed by atoms with Crippen molar-refractivity contribution < 1.29 is 9.18 Å². The molecule has 1 amide bonds. The Labute approximate surface area is 150 Å². The van der Waals surface area contributed by atoms with Gasteiger partial charge in [-0.25, -0.2) is 4.39 Å². The molecular weight excluding hydrogens is 341 g/mol. The third kappa shape index (κ3) is 4.16. The molecule has 4 nitrogen and oxygen atoms in total. The molecular formula is C19H17ClFN3O. The normalized spacial score (nSPS) is 17.2. The van der Waals surface area contributed by atoms with Crippen molar-refractivity contribution in [2.24, 2.45) is 0 Å². The van der Waals surface area contributed by atoms with Gasteiger partial charge in [0.25, 0.3) is 0 Å². The molecule has 1 fully saturated rings. The van der Waals surface area contributed by atoms with Crippen molar-refractivity contribution in [1.82, 2.24) is 4.90 Å². The van der Waals surface area contributed by atoms with Gasteiger partial charge in [0.15, 0.2) is 0 Å². The van der Waals surface area contributed by atoms with Crippen LogP contribution in [0.4, 0.5) is 10.1 Å². The predicted octanol–water partition coefficient (Wildman–Crippen LogP) is 4.13. The van der Waals surface area contributed by atoms with Crippen molar-refractivity contribution in [1.29, 1.82) is 5.26 Å². The summed E-state index contributed by atoms with van der Waals surface area (Å²) in [4.78, 5) is 14.4. The van der Waals surface area contributed by atoms with Crippen LogP contribution in [0.15, 0.2) is 42.5 Å². The quantitative estimate of drug-likeness (QED) is 0.895. The molecule has 1 heterocycles. The van der Waals surface area contributed by atoms with Crippen LogP contribution in [-0.2, 0) is 4.79 Å². The van der Waals surface area contributed by atoms with Gasteiger partial charge in [-0.15, -0.1) is 0 Å². The maximum atomic E-state index is 13.1. The Balaban J connectivity index is 1.65. The average Bonchev–Trinajstić information content (AvgIpc) is 3.03. The largest absolute Gasteiger partial charge is 0.325 e. The molecule has 0 bridgehead atoms. The third-order valence-electron chi connectivity index (χ3n) is 4.34. The molecule has 0 aromatic heterocycles. The fourth-order valence-electron chi connectivity index (χ4n) is 3.15. The molecule has 1 aliphatic rings. The van der Waals surface area contributed by atoms with Crippen molar-refractivity contribution in [3.63, 3.8) is 0 Å². The lowest BCUT2D eigenvalue weighted by molar-refractivity contribution is -0.117. The van der Waals surface area contributed by atoms with Crippen LogP contribution in [-0.4, -0.2) is 23.9 Å². The van der Waals surface area contributed by atoms with Crippen molar-refractivity contribution in [2.75, 3.05) is 18.4 Å². The number of rotatable bonds is 4. The zero-order valence-corrected chi connectivity index (χ0v) is 14.3. The maximum Gasteiger partial charge on any atom is 0.238 e. The standard InChI is InChI=1S/C19H17ClFN3O/c20-17-10-16(8-5-14(17)11-22)23-19(25)12-24-9-1-2-18(24)13-3-6-15(21)7-4-13/h3-8,10,18H,1-2,9,12H2,(H,23,25). The number of anilines is 1. The third-order valence-corrected chi connectivity index (χ3v) is 4.65. The number of hydrogen-bond acceptors (Lipinski definition) is 3. The first-order valence-corrected chi connectivity index (χ1v) is 8.43. The van der Waals surface area contributed by atoms with Gasteiger partial charge in [-0.2, -0.15) is 5.26 Å². The van der Waals surface area contributed by atoms with Crippen LogP contribution >= 0.6 is 11.6 Å². The van der Waals surface area contributed by atoms with Crippen LogP contribution < -0.4 is 5.32 Å². The minimum absolute atomic E-state index is 0.121. The summed E-state index contributed by atoms with van der Waals surface area (Å²) in [5.41, 5.74) is 1.95. The van der Waals surface area contributed by atoms with Gasteiger partial charge in [0, 0.05) is 11.7 Å². The second-order valence-electron chi connectivity index (χ2n) is 6.03. The Bertz CT molecular complexity index is 816. The van der Waals surface area contributed by atoms with Crippen LogP contribution in [0.1, 0.15) is 30.0 Å². The molecule has 1 aliphatic heterocycles. The molecule has 128 valence electrons. The summed E-state index contributed by atoms with van der Waals surface area (Å²) in [5, 5.41) is 12.0. The highest BCUT2D eigenvalue weighted by Crippen LogP contribution is 2.31. The molecule has 2 aromatic carbocycles. The Morgan fingerprint density at radius 3 is 2.76 bits per heavy atom. The van der Waals surface area contributed by atoms with Gasteiger partial charge in [0.1, 0.15) is 11.9 Å². The number of halogens is 2. The molecule has 2 aromatic rings. The van der Waals surface area contributed by atoms with E-state index < -0.39 is 0 Å². The Hall–Kier alpha value is -2.42. The van der Waals surface area contributed by atoms with Crippen molar-refractivity contribution in [3.8, 4) is 6.07 Å². The summed E-state index contributed by atoms with van der Waals surface area (Å²) in [5.74, 6) is -0.404. The van der Waals surface area contributed by atoms with Crippen molar-refractivity contribution >= 4 is 23.2 Å². The van der Waals surface area contributed by atoms with Crippen LogP contribution in [0.5, 0.6) is 0 Å². The molecule has 1 saturated heterocycles. The van der Waals surface area contributed by atoms with E-state index in [9.17, 15) is 9.18 Å². The SMILES string of the molecule is N#Cc1ccc(NC(=O)CN2CCCC2c2ccc(F)cc2)cc1Cl. The molecule has 1 unspecified atom stereocenters. The number of benzene rings is 2. The van der Waals surface area contributed by atoms with Crippen molar-refractivity contribution in [2.45, 2.75) is 18.9 Å². The zero-order chi connectivity index (χ0) is 17.8. The number of likely N-dealkylation sites (tertiary alicyclic amines) is 1. The van der Waals surface area contributed by atoms with Gasteiger partial charge in [-0.05, 0) is 55.3 Å². The van der Waals surface area contributed by atoms with Gasteiger partial charge in [0.05, 0.1) is 17.1 Å². The highest BCUT2D eigenvalue weighted by Gasteiger charge is 2.27. The fourth-order valence-corrected chi connectivity index (χ4v) is 3.37. The smallest absolute Gasteiger partial charge is 0.238 e. The van der Waals surface area contributed by atoms with E-state index in [-0.39, 0.29) is 24.3 Å². The molecule has 1 atom stereocenters.